The molecule has 0 unspecified atom stereocenters. The van der Waals surface area contributed by atoms with Gasteiger partial charge in [-0.25, -0.2) is 0 Å². The number of hydrogen-bond acceptors (Lipinski definition) is 3. The summed E-state index contributed by atoms with van der Waals surface area (Å²) >= 11 is 0. The smallest absolute Gasteiger partial charge is 0.306 e. The van der Waals surface area contributed by atoms with Crippen molar-refractivity contribution in [2.24, 2.45) is 0 Å². The lowest BCUT2D eigenvalue weighted by molar-refractivity contribution is 0.100. The lowest BCUT2D eigenvalue weighted by atomic mass is 10.0. The van der Waals surface area contributed by atoms with Crippen LogP contribution in [0.5, 0.6) is 0 Å². The Hall–Kier alpha value is -4.32. The summed E-state index contributed by atoms with van der Waals surface area (Å²) in [5, 5.41) is 4.32. The van der Waals surface area contributed by atoms with Crippen LogP contribution in [0.4, 0.5) is 0 Å². The molecular weight excluding hydrogens is 376 g/mol. The second-order valence-corrected chi connectivity index (χ2v) is 7.16. The third kappa shape index (κ3) is 2.58. The predicted molar refractivity (Wildman–Crippen MR) is 116 cm³/mol. The number of nitrogens with zero attached hydrogens (tertiary/aromatic N) is 3. The Morgan fingerprint density at radius 1 is 0.867 bits per heavy atom. The molecule has 144 valence electrons. The molecule has 3 aromatic carbocycles. The second-order valence-electron chi connectivity index (χ2n) is 7.16. The summed E-state index contributed by atoms with van der Waals surface area (Å²) in [5.41, 5.74) is 4.80. The van der Waals surface area contributed by atoms with Crippen molar-refractivity contribution in [1.82, 2.24) is 14.1 Å². The van der Waals surface area contributed by atoms with Gasteiger partial charge in [-0.3, -0.25) is 19.3 Å². The van der Waals surface area contributed by atoms with E-state index in [2.05, 4.69) is 16.5 Å². The van der Waals surface area contributed by atoms with E-state index in [9.17, 15) is 4.79 Å². The Kier molecular flexibility index (Phi) is 3.52. The molecule has 3 aromatic heterocycles. The van der Waals surface area contributed by atoms with Crippen LogP contribution in [0.3, 0.4) is 0 Å². The van der Waals surface area contributed by atoms with E-state index in [4.69, 9.17) is 4.42 Å². The van der Waals surface area contributed by atoms with Gasteiger partial charge < -0.3 is 4.42 Å². The van der Waals surface area contributed by atoms with Gasteiger partial charge in [-0.2, -0.15) is 4.98 Å². The highest BCUT2D eigenvalue weighted by Gasteiger charge is 2.22. The lowest BCUT2D eigenvalue weighted by Crippen LogP contribution is -2.23. The van der Waals surface area contributed by atoms with Crippen LogP contribution < -0.4 is 5.43 Å². The maximum absolute atomic E-state index is 13.3. The number of amides is 1. The van der Waals surface area contributed by atoms with E-state index in [1.165, 1.54) is 6.26 Å². The lowest BCUT2D eigenvalue weighted by Gasteiger charge is -2.08. The van der Waals surface area contributed by atoms with Gasteiger partial charge in [0.15, 0.2) is 0 Å². The topological polar surface area (TPSA) is 64.5 Å². The molecule has 1 N–H and O–H groups in total. The fraction of sp³-hybridized carbons (Fsp3) is 0. The predicted octanol–water partition coefficient (Wildman–Crippen LogP) is 5.09. The Bertz CT molecular complexity index is 1520. The average Bonchev–Trinajstić information content (AvgIpc) is 3.46. The van der Waals surface area contributed by atoms with Gasteiger partial charge in [0.05, 0.1) is 0 Å². The van der Waals surface area contributed by atoms with Gasteiger partial charge in [-0.15, -0.1) is 0 Å². The summed E-state index contributed by atoms with van der Waals surface area (Å²) in [4.78, 5) is 17.9. The van der Waals surface area contributed by atoms with Crippen molar-refractivity contribution in [1.29, 1.82) is 0 Å². The molecule has 3 heterocycles. The number of carbonyl (C=O) groups is 1. The maximum Gasteiger partial charge on any atom is 0.306 e. The molecule has 30 heavy (non-hydrogen) atoms. The number of oxazole rings is 1. The number of nitrogens with one attached hydrogen (secondary N) is 1. The number of hydrogen-bond donors (Lipinski definition) is 1. The van der Waals surface area contributed by atoms with Crippen LogP contribution in [-0.4, -0.2) is 20.0 Å². The number of carbonyl (C=O) groups excluding carboxylic acids is 1. The number of aromatic nitrogens is 3. The molecule has 0 aliphatic heterocycles. The molecule has 0 aliphatic rings. The van der Waals surface area contributed by atoms with Crippen LogP contribution in [0.15, 0.2) is 96.0 Å². The summed E-state index contributed by atoms with van der Waals surface area (Å²) in [7, 11) is 0. The van der Waals surface area contributed by atoms with Gasteiger partial charge >= 0.3 is 5.84 Å². The van der Waals surface area contributed by atoms with Gasteiger partial charge in [0.2, 0.25) is 0 Å². The van der Waals surface area contributed by atoms with E-state index in [0.29, 0.717) is 17.2 Å². The summed E-state index contributed by atoms with van der Waals surface area (Å²) in [5.74, 6) is 0.105. The van der Waals surface area contributed by atoms with Gasteiger partial charge in [0, 0.05) is 34.9 Å². The fourth-order valence-corrected chi connectivity index (χ4v) is 3.86. The summed E-state index contributed by atoms with van der Waals surface area (Å²) in [6, 6.07) is 22.1. The van der Waals surface area contributed by atoms with Crippen LogP contribution in [0.1, 0.15) is 10.5 Å². The molecule has 6 nitrogen and oxygen atoms in total. The molecule has 0 bridgehead atoms. The SMILES string of the molecule is O=C(Nn1cc2ccccc2c1)c1c(-c2ccc3ccccc3c2)nc2occn12. The van der Waals surface area contributed by atoms with Crippen molar-refractivity contribution in [3.05, 3.63) is 97.3 Å². The number of rotatable bonds is 3. The van der Waals surface area contributed by atoms with E-state index in [0.717, 1.165) is 27.1 Å². The minimum atomic E-state index is -0.271. The molecule has 0 saturated heterocycles. The van der Waals surface area contributed by atoms with Crippen LogP contribution in [0.2, 0.25) is 0 Å². The monoisotopic (exact) mass is 392 g/mol. The molecule has 0 saturated carbocycles. The number of benzene rings is 3. The van der Waals surface area contributed by atoms with Crippen LogP contribution in [0.25, 0.3) is 38.6 Å². The van der Waals surface area contributed by atoms with Crippen LogP contribution >= 0.6 is 0 Å². The molecular formula is C24H16N4O2. The summed E-state index contributed by atoms with van der Waals surface area (Å²) in [6.45, 7) is 0. The Labute approximate surface area is 171 Å². The quantitative estimate of drug-likeness (QED) is 0.456. The third-order valence-corrected chi connectivity index (χ3v) is 5.28. The first-order valence-electron chi connectivity index (χ1n) is 9.59. The first kappa shape index (κ1) is 16.6. The molecule has 6 heteroatoms. The zero-order valence-corrected chi connectivity index (χ0v) is 15.8. The van der Waals surface area contributed by atoms with Crippen molar-refractivity contribution in [2.45, 2.75) is 0 Å². The van der Waals surface area contributed by atoms with E-state index in [1.54, 1.807) is 15.3 Å². The molecule has 0 aliphatic carbocycles. The first-order valence-corrected chi connectivity index (χ1v) is 9.59. The zero-order valence-electron chi connectivity index (χ0n) is 15.8. The largest absolute Gasteiger partial charge is 0.432 e. The van der Waals surface area contributed by atoms with E-state index >= 15 is 0 Å². The molecule has 6 rings (SSSR count). The normalized spacial score (nSPS) is 11.5. The van der Waals surface area contributed by atoms with E-state index < -0.39 is 0 Å². The van der Waals surface area contributed by atoms with Crippen LogP contribution in [-0.2, 0) is 0 Å². The van der Waals surface area contributed by atoms with Crippen molar-refractivity contribution < 1.29 is 9.21 Å². The highest BCUT2D eigenvalue weighted by molar-refractivity contribution is 6.05. The van der Waals surface area contributed by atoms with Gasteiger partial charge in [0.25, 0.3) is 5.91 Å². The van der Waals surface area contributed by atoms with Crippen molar-refractivity contribution in [3.63, 3.8) is 0 Å². The Morgan fingerprint density at radius 2 is 1.57 bits per heavy atom. The highest BCUT2D eigenvalue weighted by Crippen LogP contribution is 2.28. The molecule has 0 atom stereocenters. The number of fused-ring (bicyclic) bond motifs is 3. The number of imidazole rings is 1. The van der Waals surface area contributed by atoms with Crippen molar-refractivity contribution in [2.75, 3.05) is 5.43 Å². The first-order chi connectivity index (χ1) is 14.8. The second kappa shape index (κ2) is 6.35. The van der Waals surface area contributed by atoms with E-state index in [1.807, 2.05) is 73.1 Å². The van der Waals surface area contributed by atoms with Gasteiger partial charge in [0.1, 0.15) is 17.7 Å². The van der Waals surface area contributed by atoms with Crippen molar-refractivity contribution in [3.8, 4) is 11.3 Å². The molecule has 6 aromatic rings. The van der Waals surface area contributed by atoms with Gasteiger partial charge in [-0.1, -0.05) is 60.7 Å². The molecule has 1 amide bonds. The third-order valence-electron chi connectivity index (χ3n) is 5.28. The highest BCUT2D eigenvalue weighted by atomic mass is 16.3. The molecule has 0 radical (unpaired) electrons. The minimum absolute atomic E-state index is 0.271. The minimum Gasteiger partial charge on any atom is -0.432 e. The molecule has 0 spiro atoms. The van der Waals surface area contributed by atoms with Crippen molar-refractivity contribution >= 4 is 33.3 Å². The van der Waals surface area contributed by atoms with E-state index in [-0.39, 0.29) is 5.91 Å². The average molecular weight is 392 g/mol. The zero-order chi connectivity index (χ0) is 20.1. The standard InChI is InChI=1S/C24H16N4O2/c29-23(26-27-14-19-7-3-4-8-20(19)15-27)22-21(25-24-28(22)11-12-30-24)18-10-9-16-5-1-2-6-17(16)13-18/h1-15H,(H,26,29). The maximum atomic E-state index is 13.3. The Balaban J connectivity index is 1.46. The van der Waals surface area contributed by atoms with Gasteiger partial charge in [-0.05, 0) is 16.8 Å². The molecule has 0 fully saturated rings. The summed E-state index contributed by atoms with van der Waals surface area (Å²) < 4.78 is 8.81. The summed E-state index contributed by atoms with van der Waals surface area (Å²) in [6.07, 6.45) is 6.99. The van der Waals surface area contributed by atoms with Crippen LogP contribution in [0, 0.1) is 0 Å². The fourth-order valence-electron chi connectivity index (χ4n) is 3.86. The Morgan fingerprint density at radius 3 is 2.33 bits per heavy atom.